The van der Waals surface area contributed by atoms with Gasteiger partial charge >= 0.3 is 6.36 Å². The maximum atomic E-state index is 12.6. The summed E-state index contributed by atoms with van der Waals surface area (Å²) in [5.74, 6) is -0.366. The number of aryl methyl sites for hydroxylation is 2. The molecule has 2 aromatic heterocycles. The van der Waals surface area contributed by atoms with Crippen LogP contribution in [0.2, 0.25) is 0 Å². The second-order valence-electron chi connectivity index (χ2n) is 9.88. The number of hydrogen-bond donors (Lipinski definition) is 1. The van der Waals surface area contributed by atoms with Gasteiger partial charge in [-0.05, 0) is 86.7 Å². The Bertz CT molecular complexity index is 1190. The van der Waals surface area contributed by atoms with Crippen LogP contribution in [0.3, 0.4) is 0 Å². The lowest BCUT2D eigenvalue weighted by Gasteiger charge is -2.42. The first kappa shape index (κ1) is 28.8. The molecular formula is C28H34F3N5O2S. The van der Waals surface area contributed by atoms with E-state index in [0.717, 1.165) is 38.0 Å². The Labute approximate surface area is 231 Å². The number of likely N-dealkylation sites (tertiary alicyclic amines) is 1. The van der Waals surface area contributed by atoms with Crippen LogP contribution in [0.25, 0.3) is 0 Å². The van der Waals surface area contributed by atoms with E-state index in [1.54, 1.807) is 23.5 Å². The third kappa shape index (κ3) is 7.92. The van der Waals surface area contributed by atoms with Gasteiger partial charge in [0.25, 0.3) is 5.91 Å². The van der Waals surface area contributed by atoms with Crippen LogP contribution in [0.5, 0.6) is 5.75 Å². The molecule has 1 atom stereocenters. The Hall–Kier alpha value is -3.18. The minimum Gasteiger partial charge on any atom is -0.406 e. The number of carbonyl (C=O) groups is 1. The standard InChI is InChI=1S/C28H34F3N5O2S/c1-19(8-12-32-27(37)26-20(2)33-18-34-21(26)3)35-13-9-24(10-14-35)36(16-22-11-15-39-17-22)23-4-6-25(7-5-23)38-28(29,30)31/h4-7,11,15,17-19,24H,8-10,12-14,16H2,1-3H3,(H,32,37). The van der Waals surface area contributed by atoms with E-state index in [1.807, 2.05) is 19.2 Å². The molecule has 0 spiro atoms. The number of anilines is 1. The number of aromatic nitrogens is 2. The molecule has 1 aromatic carbocycles. The zero-order valence-corrected chi connectivity index (χ0v) is 23.2. The van der Waals surface area contributed by atoms with E-state index in [1.165, 1.54) is 24.0 Å². The average Bonchev–Trinajstić information content (AvgIpc) is 3.40. The molecule has 1 N–H and O–H groups in total. The van der Waals surface area contributed by atoms with Crippen molar-refractivity contribution in [3.05, 3.63) is 69.9 Å². The van der Waals surface area contributed by atoms with Crippen molar-refractivity contribution in [2.24, 2.45) is 0 Å². The van der Waals surface area contributed by atoms with Crippen LogP contribution < -0.4 is 15.0 Å². The number of piperidine rings is 1. The summed E-state index contributed by atoms with van der Waals surface area (Å²) in [4.78, 5) is 25.6. The fraction of sp³-hybridized carbons (Fsp3) is 0.464. The van der Waals surface area contributed by atoms with Crippen LogP contribution in [0.1, 0.15) is 53.5 Å². The van der Waals surface area contributed by atoms with E-state index < -0.39 is 6.36 Å². The van der Waals surface area contributed by atoms with Gasteiger partial charge < -0.3 is 19.9 Å². The zero-order valence-electron chi connectivity index (χ0n) is 22.4. The number of nitrogens with one attached hydrogen (secondary N) is 1. The first-order chi connectivity index (χ1) is 18.6. The number of alkyl halides is 3. The molecule has 1 amide bonds. The van der Waals surface area contributed by atoms with Crippen molar-refractivity contribution in [2.45, 2.75) is 65.0 Å². The van der Waals surface area contributed by atoms with Crippen molar-refractivity contribution in [3.63, 3.8) is 0 Å². The van der Waals surface area contributed by atoms with Gasteiger partial charge in [-0.25, -0.2) is 9.97 Å². The van der Waals surface area contributed by atoms with E-state index >= 15 is 0 Å². The van der Waals surface area contributed by atoms with Gasteiger partial charge in [0.2, 0.25) is 0 Å². The molecule has 7 nitrogen and oxygen atoms in total. The van der Waals surface area contributed by atoms with Crippen LogP contribution in [0.15, 0.2) is 47.4 Å². The Kier molecular flexibility index (Phi) is 9.45. The van der Waals surface area contributed by atoms with Gasteiger partial charge in [-0.1, -0.05) is 0 Å². The summed E-state index contributed by atoms with van der Waals surface area (Å²) in [5.41, 5.74) is 3.93. The van der Waals surface area contributed by atoms with Gasteiger partial charge in [-0.3, -0.25) is 4.79 Å². The van der Waals surface area contributed by atoms with Gasteiger partial charge in [0.05, 0.1) is 17.0 Å². The van der Waals surface area contributed by atoms with Crippen molar-refractivity contribution < 1.29 is 22.7 Å². The lowest BCUT2D eigenvalue weighted by molar-refractivity contribution is -0.274. The second kappa shape index (κ2) is 12.8. The van der Waals surface area contributed by atoms with Crippen LogP contribution in [-0.2, 0) is 6.54 Å². The van der Waals surface area contributed by atoms with Gasteiger partial charge in [0, 0.05) is 44.0 Å². The molecule has 3 heterocycles. The molecule has 1 saturated heterocycles. The first-order valence-corrected chi connectivity index (χ1v) is 14.0. The minimum atomic E-state index is -4.71. The summed E-state index contributed by atoms with van der Waals surface area (Å²) in [6, 6.07) is 8.78. The van der Waals surface area contributed by atoms with Crippen molar-refractivity contribution in [3.8, 4) is 5.75 Å². The predicted molar refractivity (Wildman–Crippen MR) is 146 cm³/mol. The maximum Gasteiger partial charge on any atom is 0.573 e. The molecule has 1 aliphatic heterocycles. The SMILES string of the molecule is Cc1ncnc(C)c1C(=O)NCCC(C)N1CCC(N(Cc2ccsc2)c2ccc(OC(F)(F)F)cc2)CC1. The van der Waals surface area contributed by atoms with Crippen LogP contribution in [0, 0.1) is 13.8 Å². The molecule has 1 fully saturated rings. The van der Waals surface area contributed by atoms with E-state index in [-0.39, 0.29) is 17.7 Å². The number of hydrogen-bond acceptors (Lipinski definition) is 7. The number of carbonyl (C=O) groups excluding carboxylic acids is 1. The molecule has 0 saturated carbocycles. The van der Waals surface area contributed by atoms with Crippen molar-refractivity contribution >= 4 is 22.9 Å². The highest BCUT2D eigenvalue weighted by Gasteiger charge is 2.31. The van der Waals surface area contributed by atoms with Gasteiger partial charge in [-0.15, -0.1) is 13.2 Å². The molecule has 0 radical (unpaired) electrons. The van der Waals surface area contributed by atoms with E-state index in [9.17, 15) is 18.0 Å². The Morgan fingerprint density at radius 2 is 1.82 bits per heavy atom. The Morgan fingerprint density at radius 1 is 1.15 bits per heavy atom. The highest BCUT2D eigenvalue weighted by molar-refractivity contribution is 7.07. The third-order valence-electron chi connectivity index (χ3n) is 7.20. The summed E-state index contributed by atoms with van der Waals surface area (Å²) >= 11 is 1.63. The normalized spacial score (nSPS) is 15.6. The number of nitrogens with zero attached hydrogens (tertiary/aromatic N) is 4. The summed E-state index contributed by atoms with van der Waals surface area (Å²) in [6.45, 7) is 8.85. The lowest BCUT2D eigenvalue weighted by Crippen LogP contribution is -2.48. The van der Waals surface area contributed by atoms with Crippen LogP contribution in [-0.4, -0.2) is 58.9 Å². The molecule has 0 bridgehead atoms. The number of rotatable bonds is 10. The topological polar surface area (TPSA) is 70.6 Å². The average molecular weight is 562 g/mol. The lowest BCUT2D eigenvalue weighted by atomic mass is 9.99. The smallest absolute Gasteiger partial charge is 0.406 e. The van der Waals surface area contributed by atoms with E-state index in [2.05, 4.69) is 48.2 Å². The molecule has 39 heavy (non-hydrogen) atoms. The molecule has 11 heteroatoms. The number of thiophene rings is 1. The molecule has 3 aromatic rings. The monoisotopic (exact) mass is 561 g/mol. The van der Waals surface area contributed by atoms with Crippen molar-refractivity contribution in [2.75, 3.05) is 24.5 Å². The highest BCUT2D eigenvalue weighted by Crippen LogP contribution is 2.30. The summed E-state index contributed by atoms with van der Waals surface area (Å²) in [7, 11) is 0. The number of halogens is 3. The third-order valence-corrected chi connectivity index (χ3v) is 7.93. The van der Waals surface area contributed by atoms with E-state index in [0.29, 0.717) is 36.1 Å². The Morgan fingerprint density at radius 3 is 2.41 bits per heavy atom. The number of benzene rings is 1. The van der Waals surface area contributed by atoms with E-state index in [4.69, 9.17) is 0 Å². The molecule has 210 valence electrons. The van der Waals surface area contributed by atoms with Crippen LogP contribution in [0.4, 0.5) is 18.9 Å². The maximum absolute atomic E-state index is 12.6. The fourth-order valence-electron chi connectivity index (χ4n) is 5.08. The van der Waals surface area contributed by atoms with Gasteiger partial charge in [-0.2, -0.15) is 11.3 Å². The zero-order chi connectivity index (χ0) is 28.0. The quantitative estimate of drug-likeness (QED) is 0.341. The largest absolute Gasteiger partial charge is 0.573 e. The first-order valence-electron chi connectivity index (χ1n) is 13.0. The summed E-state index contributed by atoms with van der Waals surface area (Å²) in [5, 5.41) is 7.14. The second-order valence-corrected chi connectivity index (χ2v) is 10.7. The highest BCUT2D eigenvalue weighted by atomic mass is 32.1. The minimum absolute atomic E-state index is 0.146. The molecule has 1 unspecified atom stereocenters. The number of ether oxygens (including phenoxy) is 1. The molecule has 4 rings (SSSR count). The predicted octanol–water partition coefficient (Wildman–Crippen LogP) is 5.73. The van der Waals surface area contributed by atoms with Crippen LogP contribution >= 0.6 is 11.3 Å². The molecular weight excluding hydrogens is 527 g/mol. The van der Waals surface area contributed by atoms with Gasteiger partial charge in [0.15, 0.2) is 0 Å². The van der Waals surface area contributed by atoms with Crippen molar-refractivity contribution in [1.82, 2.24) is 20.2 Å². The van der Waals surface area contributed by atoms with Crippen molar-refractivity contribution in [1.29, 1.82) is 0 Å². The fourth-order valence-corrected chi connectivity index (χ4v) is 5.74. The Balaban J connectivity index is 1.32. The summed E-state index contributed by atoms with van der Waals surface area (Å²) < 4.78 is 41.9. The summed E-state index contributed by atoms with van der Waals surface area (Å²) in [6.07, 6.45) is -0.561. The molecule has 1 aliphatic rings. The molecule has 0 aliphatic carbocycles. The number of amides is 1. The van der Waals surface area contributed by atoms with Gasteiger partial charge in [0.1, 0.15) is 12.1 Å².